The van der Waals surface area contributed by atoms with Crippen LogP contribution in [0.4, 0.5) is 5.82 Å². The maximum absolute atomic E-state index is 11.9. The summed E-state index contributed by atoms with van der Waals surface area (Å²) in [5, 5.41) is 17.0. The van der Waals surface area contributed by atoms with Gasteiger partial charge in [-0.15, -0.1) is 0 Å². The molecule has 0 aliphatic heterocycles. The Morgan fingerprint density at radius 1 is 1.61 bits per heavy atom. The number of halogens is 1. The number of amides is 1. The number of aromatic nitrogens is 2. The third-order valence-corrected chi connectivity index (χ3v) is 2.38. The minimum absolute atomic E-state index is 0.0876. The lowest BCUT2D eigenvalue weighted by Gasteiger charge is -2.22. The number of rotatable bonds is 3. The Morgan fingerprint density at radius 2 is 2.17 bits per heavy atom. The molecule has 8 heteroatoms. The molecule has 0 aromatic carbocycles. The molecule has 7 nitrogen and oxygen atoms in total. The Bertz CT molecular complexity index is 478. The van der Waals surface area contributed by atoms with Crippen molar-refractivity contribution in [3.8, 4) is 0 Å². The standard InChI is InChI=1S/C10H15ClN4O3/c1-6(9(16)12-10(2,3)4)14-5-7(11)8(13-14)15(17)18/h5-6H,1-4H3,(H,12,16). The molecule has 1 aromatic rings. The molecule has 0 saturated heterocycles. The summed E-state index contributed by atoms with van der Waals surface area (Å²) in [5.41, 5.74) is -0.381. The molecule has 0 bridgehead atoms. The second kappa shape index (κ2) is 4.93. The van der Waals surface area contributed by atoms with Crippen LogP contribution in [-0.2, 0) is 4.79 Å². The predicted octanol–water partition coefficient (Wildman–Crippen LogP) is 1.92. The largest absolute Gasteiger partial charge is 0.408 e. The summed E-state index contributed by atoms with van der Waals surface area (Å²) in [6.07, 6.45) is 1.27. The minimum Gasteiger partial charge on any atom is -0.358 e. The van der Waals surface area contributed by atoms with Crippen LogP contribution in [0.5, 0.6) is 0 Å². The quantitative estimate of drug-likeness (QED) is 0.673. The van der Waals surface area contributed by atoms with Crippen LogP contribution in [-0.4, -0.2) is 26.1 Å². The van der Waals surface area contributed by atoms with E-state index >= 15 is 0 Å². The van der Waals surface area contributed by atoms with Crippen LogP contribution in [0.25, 0.3) is 0 Å². The molecule has 1 amide bonds. The fourth-order valence-electron chi connectivity index (χ4n) is 1.28. The molecule has 0 fully saturated rings. The van der Waals surface area contributed by atoms with Crippen molar-refractivity contribution < 1.29 is 9.72 Å². The van der Waals surface area contributed by atoms with Crippen LogP contribution >= 0.6 is 11.6 Å². The van der Waals surface area contributed by atoms with Gasteiger partial charge >= 0.3 is 5.82 Å². The van der Waals surface area contributed by atoms with E-state index in [0.29, 0.717) is 0 Å². The molecule has 0 aliphatic rings. The Hall–Kier alpha value is -1.63. The van der Waals surface area contributed by atoms with Crippen LogP contribution in [0.3, 0.4) is 0 Å². The number of nitrogens with zero attached hydrogens (tertiary/aromatic N) is 3. The fraction of sp³-hybridized carbons (Fsp3) is 0.600. The van der Waals surface area contributed by atoms with E-state index in [1.54, 1.807) is 6.92 Å². The van der Waals surface area contributed by atoms with E-state index in [0.717, 1.165) is 0 Å². The first kappa shape index (κ1) is 14.4. The zero-order chi connectivity index (χ0) is 14.1. The van der Waals surface area contributed by atoms with Gasteiger partial charge in [0.05, 0.1) is 11.3 Å². The van der Waals surface area contributed by atoms with E-state index in [-0.39, 0.29) is 16.5 Å². The van der Waals surface area contributed by atoms with Gasteiger partial charge in [0.1, 0.15) is 6.04 Å². The fourth-order valence-corrected chi connectivity index (χ4v) is 1.48. The average Bonchev–Trinajstić information content (AvgIpc) is 2.56. The summed E-state index contributed by atoms with van der Waals surface area (Å²) in [7, 11) is 0. The molecule has 0 saturated carbocycles. The van der Waals surface area contributed by atoms with Gasteiger partial charge in [-0.2, -0.15) is 4.68 Å². The summed E-state index contributed by atoms with van der Waals surface area (Å²) in [6.45, 7) is 7.12. The first-order chi connectivity index (χ1) is 8.11. The summed E-state index contributed by atoms with van der Waals surface area (Å²) in [4.78, 5) is 21.8. The molecule has 1 heterocycles. The van der Waals surface area contributed by atoms with Crippen molar-refractivity contribution in [3.63, 3.8) is 0 Å². The number of hydrogen-bond acceptors (Lipinski definition) is 4. The summed E-state index contributed by atoms with van der Waals surface area (Å²) in [6, 6.07) is -0.671. The first-order valence-electron chi connectivity index (χ1n) is 5.33. The maximum Gasteiger partial charge on any atom is 0.408 e. The topological polar surface area (TPSA) is 90.1 Å². The Morgan fingerprint density at radius 3 is 2.56 bits per heavy atom. The van der Waals surface area contributed by atoms with Gasteiger partial charge in [0.25, 0.3) is 0 Å². The zero-order valence-electron chi connectivity index (χ0n) is 10.6. The van der Waals surface area contributed by atoms with E-state index in [4.69, 9.17) is 11.6 Å². The molecule has 1 N–H and O–H groups in total. The van der Waals surface area contributed by atoms with E-state index in [2.05, 4.69) is 10.4 Å². The highest BCUT2D eigenvalue weighted by Crippen LogP contribution is 2.23. The van der Waals surface area contributed by atoms with E-state index in [9.17, 15) is 14.9 Å². The third-order valence-electron chi connectivity index (χ3n) is 2.12. The second-order valence-corrected chi connectivity index (χ2v) is 5.36. The highest BCUT2D eigenvalue weighted by Gasteiger charge is 2.27. The zero-order valence-corrected chi connectivity index (χ0v) is 11.4. The van der Waals surface area contributed by atoms with Crippen molar-refractivity contribution in [2.24, 2.45) is 0 Å². The number of nitrogens with one attached hydrogen (secondary N) is 1. The van der Waals surface area contributed by atoms with E-state index in [1.807, 2.05) is 20.8 Å². The van der Waals surface area contributed by atoms with Gasteiger partial charge in [0, 0.05) is 5.54 Å². The highest BCUT2D eigenvalue weighted by atomic mass is 35.5. The van der Waals surface area contributed by atoms with E-state index < -0.39 is 16.8 Å². The van der Waals surface area contributed by atoms with Crippen molar-refractivity contribution in [2.75, 3.05) is 0 Å². The molecule has 1 rings (SSSR count). The number of hydrogen-bond donors (Lipinski definition) is 1. The molecule has 1 atom stereocenters. The monoisotopic (exact) mass is 274 g/mol. The number of nitro groups is 1. The third kappa shape index (κ3) is 3.43. The molecule has 100 valence electrons. The lowest BCUT2D eigenvalue weighted by Crippen LogP contribution is -2.43. The summed E-state index contributed by atoms with van der Waals surface area (Å²) >= 11 is 5.67. The average molecular weight is 275 g/mol. The van der Waals surface area contributed by atoms with Gasteiger partial charge < -0.3 is 15.4 Å². The molecule has 0 radical (unpaired) electrons. The van der Waals surface area contributed by atoms with Crippen molar-refractivity contribution >= 4 is 23.3 Å². The van der Waals surface area contributed by atoms with E-state index in [1.165, 1.54) is 10.9 Å². The minimum atomic E-state index is -0.687. The molecule has 1 aromatic heterocycles. The SMILES string of the molecule is CC(C(=O)NC(C)(C)C)n1cc(Cl)c([N+](=O)[O-])n1. The predicted molar refractivity (Wildman–Crippen MR) is 66.5 cm³/mol. The molecule has 18 heavy (non-hydrogen) atoms. The Kier molecular flexibility index (Phi) is 3.95. The summed E-state index contributed by atoms with van der Waals surface area (Å²) in [5.74, 6) is -0.733. The molecule has 0 spiro atoms. The molecular weight excluding hydrogens is 260 g/mol. The number of carbonyl (C=O) groups is 1. The van der Waals surface area contributed by atoms with Gasteiger partial charge in [-0.3, -0.25) is 4.79 Å². The molecule has 0 aliphatic carbocycles. The lowest BCUT2D eigenvalue weighted by molar-refractivity contribution is -0.389. The van der Waals surface area contributed by atoms with Gasteiger partial charge in [0.2, 0.25) is 5.91 Å². The van der Waals surface area contributed by atoms with Crippen LogP contribution in [0.1, 0.15) is 33.7 Å². The van der Waals surface area contributed by atoms with Gasteiger partial charge in [0.15, 0.2) is 5.02 Å². The van der Waals surface area contributed by atoms with Gasteiger partial charge in [-0.1, -0.05) is 11.6 Å². The Labute approximate surface area is 109 Å². The summed E-state index contributed by atoms with van der Waals surface area (Å²) < 4.78 is 1.18. The van der Waals surface area contributed by atoms with Gasteiger partial charge in [-0.05, 0) is 32.6 Å². The van der Waals surface area contributed by atoms with Crippen molar-refractivity contribution in [3.05, 3.63) is 21.3 Å². The normalized spacial score (nSPS) is 13.2. The van der Waals surface area contributed by atoms with Crippen LogP contribution in [0, 0.1) is 10.1 Å². The van der Waals surface area contributed by atoms with Crippen LogP contribution in [0.15, 0.2) is 6.20 Å². The second-order valence-electron chi connectivity index (χ2n) is 4.95. The van der Waals surface area contributed by atoms with Crippen molar-refractivity contribution in [2.45, 2.75) is 39.3 Å². The molecular formula is C10H15ClN4O3. The van der Waals surface area contributed by atoms with Crippen molar-refractivity contribution in [1.82, 2.24) is 15.1 Å². The number of carbonyl (C=O) groups excluding carboxylic acids is 1. The van der Waals surface area contributed by atoms with Gasteiger partial charge in [-0.25, -0.2) is 0 Å². The first-order valence-corrected chi connectivity index (χ1v) is 5.70. The highest BCUT2D eigenvalue weighted by molar-refractivity contribution is 6.32. The van der Waals surface area contributed by atoms with Crippen LogP contribution < -0.4 is 5.32 Å². The maximum atomic E-state index is 11.9. The van der Waals surface area contributed by atoms with Crippen LogP contribution in [0.2, 0.25) is 5.02 Å². The van der Waals surface area contributed by atoms with Crippen molar-refractivity contribution in [1.29, 1.82) is 0 Å². The molecule has 1 unspecified atom stereocenters. The Balaban J connectivity index is 2.91. The smallest absolute Gasteiger partial charge is 0.358 e. The lowest BCUT2D eigenvalue weighted by atomic mass is 10.1.